The van der Waals surface area contributed by atoms with Crippen LogP contribution in [0.5, 0.6) is 5.75 Å². The van der Waals surface area contributed by atoms with E-state index in [2.05, 4.69) is 10.2 Å². The molecule has 8 nitrogen and oxygen atoms in total. The van der Waals surface area contributed by atoms with Gasteiger partial charge in [0.15, 0.2) is 0 Å². The number of nitrogens with zero attached hydrogens (tertiary/aromatic N) is 3. The number of carbonyl (C=O) groups is 2. The predicted molar refractivity (Wildman–Crippen MR) is 96.4 cm³/mol. The molecule has 142 valence electrons. The van der Waals surface area contributed by atoms with Crippen molar-refractivity contribution in [1.82, 2.24) is 20.0 Å². The van der Waals surface area contributed by atoms with Crippen molar-refractivity contribution >= 4 is 12.0 Å². The van der Waals surface area contributed by atoms with Gasteiger partial charge in [-0.25, -0.2) is 4.79 Å². The zero-order valence-electron chi connectivity index (χ0n) is 15.2. The van der Waals surface area contributed by atoms with E-state index in [9.17, 15) is 9.59 Å². The molecule has 0 atom stereocenters. The number of amides is 2. The second-order valence-corrected chi connectivity index (χ2v) is 6.75. The minimum absolute atomic E-state index is 0.0592. The van der Waals surface area contributed by atoms with Crippen molar-refractivity contribution in [2.75, 3.05) is 33.4 Å². The Labute approximate surface area is 157 Å². The van der Waals surface area contributed by atoms with Crippen molar-refractivity contribution in [2.45, 2.75) is 19.4 Å². The van der Waals surface area contributed by atoms with Gasteiger partial charge < -0.3 is 14.4 Å². The molecule has 1 saturated heterocycles. The molecule has 1 N–H and O–H groups in total. The highest BCUT2D eigenvalue weighted by Gasteiger charge is 2.29. The summed E-state index contributed by atoms with van der Waals surface area (Å²) in [6.07, 6.45) is 1.02. The first kappa shape index (κ1) is 17.4. The van der Waals surface area contributed by atoms with Crippen molar-refractivity contribution in [1.29, 1.82) is 0 Å². The van der Waals surface area contributed by atoms with E-state index >= 15 is 0 Å². The first-order chi connectivity index (χ1) is 13.1. The summed E-state index contributed by atoms with van der Waals surface area (Å²) in [4.78, 5) is 27.4. The number of cyclic esters (lactones) is 1. The summed E-state index contributed by atoms with van der Waals surface area (Å²) in [6, 6.07) is 7.90. The van der Waals surface area contributed by atoms with Gasteiger partial charge in [0.05, 0.1) is 19.3 Å². The van der Waals surface area contributed by atoms with Gasteiger partial charge in [-0.05, 0) is 17.7 Å². The van der Waals surface area contributed by atoms with Gasteiger partial charge in [-0.2, -0.15) is 5.10 Å². The molecule has 0 bridgehead atoms. The highest BCUT2D eigenvalue weighted by atomic mass is 16.6. The smallest absolute Gasteiger partial charge is 0.410 e. The summed E-state index contributed by atoms with van der Waals surface area (Å²) in [6.45, 7) is 2.03. The third kappa shape index (κ3) is 3.60. The number of hydrogen-bond acceptors (Lipinski definition) is 5. The first-order valence-electron chi connectivity index (χ1n) is 9.01. The molecule has 0 saturated carbocycles. The van der Waals surface area contributed by atoms with Crippen LogP contribution in [0, 0.1) is 0 Å². The average Bonchev–Trinajstić information content (AvgIpc) is 3.28. The van der Waals surface area contributed by atoms with E-state index in [1.165, 1.54) is 4.90 Å². The molecule has 8 heteroatoms. The first-order valence-corrected chi connectivity index (χ1v) is 9.01. The maximum Gasteiger partial charge on any atom is 0.410 e. The number of benzene rings is 1. The fourth-order valence-electron chi connectivity index (χ4n) is 3.48. The van der Waals surface area contributed by atoms with Gasteiger partial charge in [0.1, 0.15) is 18.9 Å². The van der Waals surface area contributed by atoms with Crippen LogP contribution in [0.2, 0.25) is 0 Å². The van der Waals surface area contributed by atoms with Gasteiger partial charge in [0.25, 0.3) is 0 Å². The lowest BCUT2D eigenvalue weighted by molar-refractivity contribution is -0.132. The number of nitrogens with one attached hydrogen (secondary N) is 1. The highest BCUT2D eigenvalue weighted by Crippen LogP contribution is 2.23. The second-order valence-electron chi connectivity index (χ2n) is 6.75. The lowest BCUT2D eigenvalue weighted by Gasteiger charge is -2.28. The SMILES string of the molecule is COc1ccc(Cc2n[nH]c3c2CN(C(=O)CN2CCOC2=O)CC3)cc1. The monoisotopic (exact) mass is 370 g/mol. The molecule has 0 unspecified atom stereocenters. The van der Waals surface area contributed by atoms with Crippen LogP contribution in [0.25, 0.3) is 0 Å². The van der Waals surface area contributed by atoms with E-state index < -0.39 is 6.09 Å². The Morgan fingerprint density at radius 1 is 1.30 bits per heavy atom. The van der Waals surface area contributed by atoms with Crippen LogP contribution in [-0.4, -0.2) is 65.3 Å². The minimum atomic E-state index is -0.412. The normalized spacial score (nSPS) is 16.3. The van der Waals surface area contributed by atoms with Crippen molar-refractivity contribution < 1.29 is 19.1 Å². The molecule has 4 rings (SSSR count). The molecular weight excluding hydrogens is 348 g/mol. The average molecular weight is 370 g/mol. The van der Waals surface area contributed by atoms with Gasteiger partial charge in [-0.3, -0.25) is 14.8 Å². The number of fused-ring (bicyclic) bond motifs is 1. The Hall–Kier alpha value is -3.03. The summed E-state index contributed by atoms with van der Waals surface area (Å²) in [5.74, 6) is 0.760. The maximum absolute atomic E-state index is 12.6. The van der Waals surface area contributed by atoms with E-state index in [1.54, 1.807) is 12.0 Å². The van der Waals surface area contributed by atoms with Crippen LogP contribution >= 0.6 is 0 Å². The fraction of sp³-hybridized carbons (Fsp3) is 0.421. The fourth-order valence-corrected chi connectivity index (χ4v) is 3.48. The molecule has 0 radical (unpaired) electrons. The number of H-pyrrole nitrogens is 1. The second kappa shape index (κ2) is 7.30. The van der Waals surface area contributed by atoms with Crippen LogP contribution in [0.1, 0.15) is 22.5 Å². The summed E-state index contributed by atoms with van der Waals surface area (Å²) >= 11 is 0. The summed E-state index contributed by atoms with van der Waals surface area (Å²) in [5.41, 5.74) is 4.25. The van der Waals surface area contributed by atoms with E-state index in [1.807, 2.05) is 24.3 Å². The molecule has 1 fully saturated rings. The predicted octanol–water partition coefficient (Wildman–Crippen LogP) is 1.35. The standard InChI is InChI=1S/C19H22N4O4/c1-26-14-4-2-13(3-5-14)10-17-15-11-22(7-6-16(15)20-21-17)18(24)12-23-8-9-27-19(23)25/h2-5H,6-12H2,1H3,(H,20,21). The van der Waals surface area contributed by atoms with Crippen molar-refractivity contribution in [2.24, 2.45) is 0 Å². The third-order valence-corrected chi connectivity index (χ3v) is 5.07. The number of hydrogen-bond donors (Lipinski definition) is 1. The van der Waals surface area contributed by atoms with Crippen molar-refractivity contribution in [3.8, 4) is 5.75 Å². The van der Waals surface area contributed by atoms with Crippen LogP contribution in [-0.2, 0) is 28.9 Å². The summed E-state index contributed by atoms with van der Waals surface area (Å²) < 4.78 is 10.1. The van der Waals surface area contributed by atoms with Crippen LogP contribution in [0.4, 0.5) is 4.79 Å². The molecule has 0 aliphatic carbocycles. The Balaban J connectivity index is 1.44. The Kier molecular flexibility index (Phi) is 4.70. The number of ether oxygens (including phenoxy) is 2. The van der Waals surface area contributed by atoms with Crippen LogP contribution in [0.3, 0.4) is 0 Å². The lowest BCUT2D eigenvalue weighted by atomic mass is 10.0. The molecule has 3 heterocycles. The van der Waals surface area contributed by atoms with Gasteiger partial charge in [0.2, 0.25) is 5.91 Å². The minimum Gasteiger partial charge on any atom is -0.497 e. The molecule has 1 aromatic heterocycles. The van der Waals surface area contributed by atoms with Crippen LogP contribution < -0.4 is 4.74 Å². The van der Waals surface area contributed by atoms with Gasteiger partial charge in [-0.15, -0.1) is 0 Å². The Morgan fingerprint density at radius 2 is 2.11 bits per heavy atom. The summed E-state index contributed by atoms with van der Waals surface area (Å²) in [5, 5.41) is 7.58. The molecule has 27 heavy (non-hydrogen) atoms. The highest BCUT2D eigenvalue weighted by molar-refractivity contribution is 5.83. The third-order valence-electron chi connectivity index (χ3n) is 5.07. The van der Waals surface area contributed by atoms with E-state index in [-0.39, 0.29) is 12.5 Å². The van der Waals surface area contributed by atoms with Gasteiger partial charge in [0, 0.05) is 37.2 Å². The number of methoxy groups -OCH3 is 1. The maximum atomic E-state index is 12.6. The molecule has 2 aromatic rings. The van der Waals surface area contributed by atoms with E-state index in [0.29, 0.717) is 32.7 Å². The molecule has 2 amide bonds. The largest absolute Gasteiger partial charge is 0.497 e. The number of carbonyl (C=O) groups excluding carboxylic acids is 2. The lowest BCUT2D eigenvalue weighted by Crippen LogP contribution is -2.43. The van der Waals surface area contributed by atoms with Crippen LogP contribution in [0.15, 0.2) is 24.3 Å². The molecule has 2 aliphatic rings. The number of aromatic amines is 1. The van der Waals surface area contributed by atoms with Crippen molar-refractivity contribution in [3.63, 3.8) is 0 Å². The van der Waals surface area contributed by atoms with Gasteiger partial charge >= 0.3 is 6.09 Å². The Morgan fingerprint density at radius 3 is 2.81 bits per heavy atom. The quantitative estimate of drug-likeness (QED) is 0.858. The molecule has 0 spiro atoms. The number of aromatic nitrogens is 2. The topological polar surface area (TPSA) is 87.8 Å². The molecule has 2 aliphatic heterocycles. The zero-order valence-corrected chi connectivity index (χ0v) is 15.2. The molecule has 1 aromatic carbocycles. The zero-order chi connectivity index (χ0) is 18.8. The Bertz CT molecular complexity index is 846. The van der Waals surface area contributed by atoms with E-state index in [4.69, 9.17) is 9.47 Å². The summed E-state index contributed by atoms with van der Waals surface area (Å²) in [7, 11) is 1.65. The van der Waals surface area contributed by atoms with Crippen molar-refractivity contribution in [3.05, 3.63) is 46.8 Å². The number of rotatable bonds is 5. The molecular formula is C19H22N4O4. The van der Waals surface area contributed by atoms with Gasteiger partial charge in [-0.1, -0.05) is 12.1 Å². The van der Waals surface area contributed by atoms with E-state index in [0.717, 1.165) is 34.7 Å².